The van der Waals surface area contributed by atoms with Crippen LogP contribution in [0.2, 0.25) is 0 Å². The Kier molecular flexibility index (Phi) is 6.68. The number of nitrogens with two attached hydrogens (primary N) is 1. The zero-order valence-corrected chi connectivity index (χ0v) is 18.7. The van der Waals surface area contributed by atoms with Gasteiger partial charge in [0, 0.05) is 31.5 Å². The van der Waals surface area contributed by atoms with Crippen LogP contribution in [0.3, 0.4) is 0 Å². The Hall–Kier alpha value is -3.73. The molecule has 1 amide bonds. The van der Waals surface area contributed by atoms with Gasteiger partial charge in [-0.1, -0.05) is 0 Å². The second-order valence-corrected chi connectivity index (χ2v) is 7.68. The van der Waals surface area contributed by atoms with Crippen LogP contribution < -0.4 is 26.1 Å². The molecule has 0 aliphatic carbocycles. The topological polar surface area (TPSA) is 137 Å². The molecule has 0 unspecified atom stereocenters. The first-order valence-electron chi connectivity index (χ1n) is 10.9. The number of carbonyl (C=O) groups excluding carboxylic acids is 1. The molecule has 0 saturated carbocycles. The Balaban J connectivity index is 1.72. The number of aromatic nitrogens is 4. The quantitative estimate of drug-likeness (QED) is 0.486. The van der Waals surface area contributed by atoms with Crippen molar-refractivity contribution in [3.05, 3.63) is 40.7 Å². The van der Waals surface area contributed by atoms with E-state index in [1.54, 1.807) is 13.0 Å². The van der Waals surface area contributed by atoms with Crippen LogP contribution in [0.25, 0.3) is 10.9 Å². The van der Waals surface area contributed by atoms with E-state index in [0.29, 0.717) is 18.1 Å². The van der Waals surface area contributed by atoms with E-state index >= 15 is 0 Å². The molecule has 11 nitrogen and oxygen atoms in total. The third-order valence-corrected chi connectivity index (χ3v) is 5.62. The van der Waals surface area contributed by atoms with Crippen LogP contribution in [0, 0.1) is 0 Å². The van der Waals surface area contributed by atoms with Crippen molar-refractivity contribution in [3.8, 4) is 11.5 Å². The number of nitrogen functional groups attached to an aromatic ring is 1. The summed E-state index contributed by atoms with van der Waals surface area (Å²) in [5.41, 5.74) is 6.54. The molecular weight excluding hydrogens is 426 g/mol. The van der Waals surface area contributed by atoms with Gasteiger partial charge < -0.3 is 15.2 Å². The Morgan fingerprint density at radius 1 is 1.24 bits per heavy atom. The van der Waals surface area contributed by atoms with Crippen molar-refractivity contribution in [2.75, 3.05) is 44.4 Å². The van der Waals surface area contributed by atoms with Crippen LogP contribution in [0.1, 0.15) is 30.1 Å². The lowest BCUT2D eigenvalue weighted by Gasteiger charge is -2.19. The summed E-state index contributed by atoms with van der Waals surface area (Å²) in [5, 5.41) is 2.88. The zero-order valence-electron chi connectivity index (χ0n) is 18.7. The molecule has 174 valence electrons. The second kappa shape index (κ2) is 9.82. The minimum atomic E-state index is -0.492. The van der Waals surface area contributed by atoms with Crippen molar-refractivity contribution in [2.45, 2.75) is 26.3 Å². The van der Waals surface area contributed by atoms with Gasteiger partial charge in [-0.3, -0.25) is 24.4 Å². The van der Waals surface area contributed by atoms with Gasteiger partial charge in [0.1, 0.15) is 18.5 Å². The fourth-order valence-electron chi connectivity index (χ4n) is 3.95. The van der Waals surface area contributed by atoms with E-state index in [1.165, 1.54) is 43.2 Å². The molecule has 1 aromatic carbocycles. The first kappa shape index (κ1) is 22.5. The Morgan fingerprint density at radius 2 is 1.97 bits per heavy atom. The standard InChI is InChI=1S/C22H27N7O4/c1-3-29-21(31)17-15(23)10-16(33-9-8-28-6-4-5-7-28)19(32-2)18(17)26-22(29)27-20(30)14-11-24-13-25-12-14/h10-13H,3-9,23H2,1-2H3,(H,26,27,30). The molecule has 1 saturated heterocycles. The predicted octanol–water partition coefficient (Wildman–Crippen LogP) is 1.52. The predicted molar refractivity (Wildman–Crippen MR) is 124 cm³/mol. The first-order valence-corrected chi connectivity index (χ1v) is 10.9. The van der Waals surface area contributed by atoms with E-state index < -0.39 is 5.91 Å². The highest BCUT2D eigenvalue weighted by Crippen LogP contribution is 2.37. The molecule has 4 rings (SSSR count). The third kappa shape index (κ3) is 4.58. The van der Waals surface area contributed by atoms with Gasteiger partial charge in [0.05, 0.1) is 23.7 Å². The summed E-state index contributed by atoms with van der Waals surface area (Å²) in [7, 11) is 1.48. The van der Waals surface area contributed by atoms with Crippen LogP contribution >= 0.6 is 0 Å². The maximum Gasteiger partial charge on any atom is 0.265 e. The lowest BCUT2D eigenvalue weighted by molar-refractivity contribution is 0.102. The van der Waals surface area contributed by atoms with Gasteiger partial charge in [-0.05, 0) is 32.9 Å². The highest BCUT2D eigenvalue weighted by molar-refractivity contribution is 6.04. The minimum absolute atomic E-state index is 0.0655. The summed E-state index contributed by atoms with van der Waals surface area (Å²) in [4.78, 5) is 40.5. The molecule has 33 heavy (non-hydrogen) atoms. The van der Waals surface area contributed by atoms with E-state index in [0.717, 1.165) is 19.6 Å². The van der Waals surface area contributed by atoms with Crippen molar-refractivity contribution in [1.82, 2.24) is 24.4 Å². The van der Waals surface area contributed by atoms with Gasteiger partial charge in [0.2, 0.25) is 5.95 Å². The molecule has 3 aromatic rings. The number of hydrogen-bond acceptors (Lipinski definition) is 9. The summed E-state index contributed by atoms with van der Waals surface area (Å²) in [6, 6.07) is 1.59. The van der Waals surface area contributed by atoms with Crippen molar-refractivity contribution < 1.29 is 14.3 Å². The number of nitrogens with zero attached hydrogens (tertiary/aromatic N) is 5. The smallest absolute Gasteiger partial charge is 0.265 e. The number of hydrogen-bond donors (Lipinski definition) is 2. The largest absolute Gasteiger partial charge is 0.491 e. The van der Waals surface area contributed by atoms with Gasteiger partial charge in [0.15, 0.2) is 11.5 Å². The fourth-order valence-corrected chi connectivity index (χ4v) is 3.95. The molecule has 1 fully saturated rings. The normalized spacial score (nSPS) is 13.9. The summed E-state index contributed by atoms with van der Waals surface area (Å²) in [6.07, 6.45) is 6.48. The minimum Gasteiger partial charge on any atom is -0.491 e. The van der Waals surface area contributed by atoms with Crippen LogP contribution in [-0.2, 0) is 6.54 Å². The second-order valence-electron chi connectivity index (χ2n) is 7.68. The number of benzene rings is 1. The number of nitrogens with one attached hydrogen (secondary N) is 1. The van der Waals surface area contributed by atoms with E-state index in [4.69, 9.17) is 15.2 Å². The van der Waals surface area contributed by atoms with Crippen molar-refractivity contribution in [2.24, 2.45) is 0 Å². The Bertz CT molecular complexity index is 1210. The zero-order chi connectivity index (χ0) is 23.4. The average Bonchev–Trinajstić information content (AvgIpc) is 3.33. The highest BCUT2D eigenvalue weighted by atomic mass is 16.5. The molecule has 0 spiro atoms. The molecule has 2 aromatic heterocycles. The van der Waals surface area contributed by atoms with Crippen molar-refractivity contribution in [3.63, 3.8) is 0 Å². The maximum atomic E-state index is 13.3. The number of methoxy groups -OCH3 is 1. The van der Waals surface area contributed by atoms with E-state index in [9.17, 15) is 9.59 Å². The van der Waals surface area contributed by atoms with E-state index in [2.05, 4.69) is 25.2 Å². The number of ether oxygens (including phenoxy) is 2. The Labute approximate surface area is 190 Å². The third-order valence-electron chi connectivity index (χ3n) is 5.62. The van der Waals surface area contributed by atoms with Crippen molar-refractivity contribution in [1.29, 1.82) is 0 Å². The molecule has 0 atom stereocenters. The number of fused-ring (bicyclic) bond motifs is 1. The Morgan fingerprint density at radius 3 is 2.64 bits per heavy atom. The number of rotatable bonds is 8. The molecule has 0 radical (unpaired) electrons. The van der Waals surface area contributed by atoms with Gasteiger partial charge in [-0.2, -0.15) is 0 Å². The van der Waals surface area contributed by atoms with Crippen LogP contribution in [-0.4, -0.2) is 63.7 Å². The highest BCUT2D eigenvalue weighted by Gasteiger charge is 2.22. The summed E-state index contributed by atoms with van der Waals surface area (Å²) < 4.78 is 12.9. The van der Waals surface area contributed by atoms with Crippen LogP contribution in [0.15, 0.2) is 29.6 Å². The van der Waals surface area contributed by atoms with Gasteiger partial charge in [-0.25, -0.2) is 15.0 Å². The van der Waals surface area contributed by atoms with Crippen LogP contribution in [0.5, 0.6) is 11.5 Å². The van der Waals surface area contributed by atoms with E-state index in [1.807, 2.05) is 0 Å². The monoisotopic (exact) mass is 453 g/mol. The summed E-state index contributed by atoms with van der Waals surface area (Å²) in [6.45, 7) is 5.41. The molecular formula is C22H27N7O4. The van der Waals surface area contributed by atoms with Gasteiger partial charge >= 0.3 is 0 Å². The van der Waals surface area contributed by atoms with Crippen molar-refractivity contribution >= 4 is 28.4 Å². The molecule has 1 aliphatic rings. The van der Waals surface area contributed by atoms with E-state index in [-0.39, 0.29) is 40.2 Å². The molecule has 1 aliphatic heterocycles. The van der Waals surface area contributed by atoms with Crippen LogP contribution in [0.4, 0.5) is 11.6 Å². The molecule has 3 N–H and O–H groups in total. The van der Waals surface area contributed by atoms with Gasteiger partial charge in [0.25, 0.3) is 11.5 Å². The lowest BCUT2D eigenvalue weighted by atomic mass is 10.1. The number of amides is 1. The number of anilines is 2. The fraction of sp³-hybridized carbons (Fsp3) is 0.409. The lowest BCUT2D eigenvalue weighted by Crippen LogP contribution is -2.28. The number of carbonyl (C=O) groups is 1. The average molecular weight is 454 g/mol. The van der Waals surface area contributed by atoms with Gasteiger partial charge in [-0.15, -0.1) is 0 Å². The summed E-state index contributed by atoms with van der Waals surface area (Å²) in [5.74, 6) is 0.265. The number of likely N-dealkylation sites (tertiary alicyclic amines) is 1. The molecule has 3 heterocycles. The SMILES string of the molecule is CCn1c(NC(=O)c2cncnc2)nc2c(OC)c(OCCN3CCCC3)cc(N)c2c1=O. The maximum absolute atomic E-state index is 13.3. The summed E-state index contributed by atoms with van der Waals surface area (Å²) >= 11 is 0. The molecule has 0 bridgehead atoms. The first-order chi connectivity index (χ1) is 16.0. The molecule has 11 heteroatoms.